The van der Waals surface area contributed by atoms with Gasteiger partial charge in [0.05, 0.1) is 5.69 Å². The zero-order chi connectivity index (χ0) is 21.5. The van der Waals surface area contributed by atoms with Crippen molar-refractivity contribution in [1.82, 2.24) is 20.0 Å². The molecule has 0 aliphatic carbocycles. The quantitative estimate of drug-likeness (QED) is 0.560. The molecule has 0 spiro atoms. The molecule has 0 radical (unpaired) electrons. The van der Waals surface area contributed by atoms with E-state index in [1.165, 1.54) is 12.1 Å². The number of nitrogens with zero attached hydrogens (tertiary/aromatic N) is 5. The second kappa shape index (κ2) is 10.9. The molecule has 30 heavy (non-hydrogen) atoms. The summed E-state index contributed by atoms with van der Waals surface area (Å²) in [7, 11) is 2.18. The summed E-state index contributed by atoms with van der Waals surface area (Å²) < 4.78 is 27.6. The number of hydrogen-bond donors (Lipinski definition) is 1. The summed E-state index contributed by atoms with van der Waals surface area (Å²) in [5, 5.41) is 3.40. The van der Waals surface area contributed by atoms with Crippen molar-refractivity contribution < 1.29 is 8.78 Å². The molecule has 3 rings (SSSR count). The van der Waals surface area contributed by atoms with Crippen molar-refractivity contribution in [3.8, 4) is 0 Å². The molecule has 0 aromatic heterocycles. The number of benzene rings is 1. The van der Waals surface area contributed by atoms with E-state index < -0.39 is 5.82 Å². The molecule has 6 nitrogen and oxygen atoms in total. The number of halogens is 2. The topological polar surface area (TPSA) is 37.4 Å². The van der Waals surface area contributed by atoms with Gasteiger partial charge in [-0.15, -0.1) is 0 Å². The average Bonchev–Trinajstić information content (AvgIpc) is 2.75. The smallest absolute Gasteiger partial charge is 0.194 e. The number of piperazine rings is 2. The van der Waals surface area contributed by atoms with Gasteiger partial charge in [-0.3, -0.25) is 4.99 Å². The zero-order valence-corrected chi connectivity index (χ0v) is 18.6. The summed E-state index contributed by atoms with van der Waals surface area (Å²) in [5.74, 6) is 0.632. The molecule has 8 heteroatoms. The van der Waals surface area contributed by atoms with Crippen molar-refractivity contribution in [2.75, 3.05) is 83.9 Å². The van der Waals surface area contributed by atoms with Crippen LogP contribution in [0.15, 0.2) is 23.2 Å². The number of nitrogens with one attached hydrogen (secondary N) is 1. The van der Waals surface area contributed by atoms with Gasteiger partial charge in [0.15, 0.2) is 5.96 Å². The fourth-order valence-corrected chi connectivity index (χ4v) is 4.08. The van der Waals surface area contributed by atoms with Crippen LogP contribution in [-0.2, 0) is 0 Å². The Labute approximate surface area is 179 Å². The number of aliphatic imine (C=N–C) groups is 1. The molecular weight excluding hydrogens is 386 g/mol. The molecule has 0 saturated carbocycles. The highest BCUT2D eigenvalue weighted by atomic mass is 19.1. The maximum atomic E-state index is 14.1. The van der Waals surface area contributed by atoms with Crippen LogP contribution in [0.25, 0.3) is 0 Å². The molecule has 2 aliphatic rings. The van der Waals surface area contributed by atoms with Gasteiger partial charge in [0, 0.05) is 78.1 Å². The van der Waals surface area contributed by atoms with Crippen molar-refractivity contribution in [3.63, 3.8) is 0 Å². The molecule has 1 atom stereocenters. The molecule has 0 amide bonds. The first kappa shape index (κ1) is 22.7. The van der Waals surface area contributed by atoms with Gasteiger partial charge in [0.1, 0.15) is 11.6 Å². The Kier molecular flexibility index (Phi) is 8.27. The van der Waals surface area contributed by atoms with Gasteiger partial charge in [-0.05, 0) is 32.0 Å². The van der Waals surface area contributed by atoms with Gasteiger partial charge in [0.25, 0.3) is 0 Å². The van der Waals surface area contributed by atoms with Crippen LogP contribution in [-0.4, -0.2) is 99.7 Å². The molecule has 0 bridgehead atoms. The summed E-state index contributed by atoms with van der Waals surface area (Å²) in [6.45, 7) is 14.3. The Hall–Kier alpha value is -1.93. The molecule has 168 valence electrons. The fraction of sp³-hybridized carbons (Fsp3) is 0.682. The summed E-state index contributed by atoms with van der Waals surface area (Å²) >= 11 is 0. The van der Waals surface area contributed by atoms with Gasteiger partial charge in [-0.1, -0.05) is 6.92 Å². The van der Waals surface area contributed by atoms with Crippen LogP contribution < -0.4 is 10.2 Å². The van der Waals surface area contributed by atoms with E-state index in [4.69, 9.17) is 4.99 Å². The molecule has 2 aliphatic heterocycles. The van der Waals surface area contributed by atoms with Crippen LogP contribution in [0.1, 0.15) is 13.8 Å². The first-order valence-corrected chi connectivity index (χ1v) is 11.1. The molecule has 1 aromatic rings. The predicted octanol–water partition coefficient (Wildman–Crippen LogP) is 1.94. The molecule has 2 saturated heterocycles. The van der Waals surface area contributed by atoms with Crippen molar-refractivity contribution in [2.24, 2.45) is 10.9 Å². The SMILES string of the molecule is CCNC(=NCC(C)CN1CCN(C)CC1)N1CCN(c2cc(F)ccc2F)CC1. The molecule has 1 N–H and O–H groups in total. The van der Waals surface area contributed by atoms with E-state index in [0.29, 0.717) is 24.7 Å². The van der Waals surface area contributed by atoms with Crippen molar-refractivity contribution in [2.45, 2.75) is 13.8 Å². The third-order valence-electron chi connectivity index (χ3n) is 5.88. The minimum absolute atomic E-state index is 0.345. The molecule has 2 fully saturated rings. The lowest BCUT2D eigenvalue weighted by molar-refractivity contribution is 0.140. The second-order valence-corrected chi connectivity index (χ2v) is 8.47. The van der Waals surface area contributed by atoms with E-state index in [9.17, 15) is 8.78 Å². The van der Waals surface area contributed by atoms with Crippen LogP contribution >= 0.6 is 0 Å². The lowest BCUT2D eigenvalue weighted by Crippen LogP contribution is -2.53. The Balaban J connectivity index is 1.52. The van der Waals surface area contributed by atoms with Gasteiger partial charge < -0.3 is 24.9 Å². The van der Waals surface area contributed by atoms with E-state index in [1.54, 1.807) is 0 Å². The minimum Gasteiger partial charge on any atom is -0.366 e. The van der Waals surface area contributed by atoms with Crippen molar-refractivity contribution in [3.05, 3.63) is 29.8 Å². The van der Waals surface area contributed by atoms with Gasteiger partial charge in [-0.25, -0.2) is 8.78 Å². The van der Waals surface area contributed by atoms with E-state index in [1.807, 2.05) is 4.90 Å². The van der Waals surface area contributed by atoms with Crippen LogP contribution in [0.2, 0.25) is 0 Å². The molecule has 2 heterocycles. The summed E-state index contributed by atoms with van der Waals surface area (Å²) in [6.07, 6.45) is 0. The Morgan fingerprint density at radius 3 is 2.43 bits per heavy atom. The van der Waals surface area contributed by atoms with Crippen molar-refractivity contribution >= 4 is 11.6 Å². The van der Waals surface area contributed by atoms with E-state index in [2.05, 4.69) is 40.9 Å². The number of rotatable bonds is 6. The number of guanidine groups is 1. The van der Waals surface area contributed by atoms with Crippen LogP contribution in [0, 0.1) is 17.6 Å². The normalized spacial score (nSPS) is 20.5. The third kappa shape index (κ3) is 6.28. The maximum Gasteiger partial charge on any atom is 0.194 e. The average molecular weight is 423 g/mol. The minimum atomic E-state index is -0.405. The van der Waals surface area contributed by atoms with Gasteiger partial charge >= 0.3 is 0 Å². The van der Waals surface area contributed by atoms with E-state index in [-0.39, 0.29) is 5.82 Å². The standard InChI is InChI=1S/C22H36F2N6/c1-4-25-22(26-16-18(2)17-28-9-7-27(3)8-10-28)30-13-11-29(12-14-30)21-15-19(23)5-6-20(21)24/h5-6,15,18H,4,7-14,16-17H2,1-3H3,(H,25,26). The van der Waals surface area contributed by atoms with E-state index >= 15 is 0 Å². The summed E-state index contributed by atoms with van der Waals surface area (Å²) in [4.78, 5) is 13.9. The molecule has 1 unspecified atom stereocenters. The van der Waals surface area contributed by atoms with Gasteiger partial charge in [0.2, 0.25) is 0 Å². The highest BCUT2D eigenvalue weighted by Gasteiger charge is 2.22. The largest absolute Gasteiger partial charge is 0.366 e. The van der Waals surface area contributed by atoms with Crippen LogP contribution in [0.3, 0.4) is 0 Å². The zero-order valence-electron chi connectivity index (χ0n) is 18.6. The first-order chi connectivity index (χ1) is 14.5. The fourth-order valence-electron chi connectivity index (χ4n) is 4.08. The highest BCUT2D eigenvalue weighted by molar-refractivity contribution is 5.80. The molecule has 1 aromatic carbocycles. The Bertz CT molecular complexity index is 697. The lowest BCUT2D eigenvalue weighted by Gasteiger charge is -2.38. The van der Waals surface area contributed by atoms with E-state index in [0.717, 1.165) is 70.9 Å². The Morgan fingerprint density at radius 1 is 1.07 bits per heavy atom. The monoisotopic (exact) mass is 422 g/mol. The Morgan fingerprint density at radius 2 is 1.77 bits per heavy atom. The van der Waals surface area contributed by atoms with Gasteiger partial charge in [-0.2, -0.15) is 0 Å². The number of anilines is 1. The third-order valence-corrected chi connectivity index (χ3v) is 5.88. The summed E-state index contributed by atoms with van der Waals surface area (Å²) in [6, 6.07) is 3.64. The maximum absolute atomic E-state index is 14.1. The highest BCUT2D eigenvalue weighted by Crippen LogP contribution is 2.22. The predicted molar refractivity (Wildman–Crippen MR) is 119 cm³/mol. The van der Waals surface area contributed by atoms with Crippen LogP contribution in [0.5, 0.6) is 0 Å². The molecular formula is C22H36F2N6. The summed E-state index contributed by atoms with van der Waals surface area (Å²) in [5.41, 5.74) is 0.345. The van der Waals surface area contributed by atoms with Crippen LogP contribution in [0.4, 0.5) is 14.5 Å². The first-order valence-electron chi connectivity index (χ1n) is 11.1. The number of likely N-dealkylation sites (N-methyl/N-ethyl adjacent to an activating group) is 1. The van der Waals surface area contributed by atoms with Crippen molar-refractivity contribution in [1.29, 1.82) is 0 Å². The lowest BCUT2D eigenvalue weighted by atomic mass is 10.1. The second-order valence-electron chi connectivity index (χ2n) is 8.47. The number of hydrogen-bond acceptors (Lipinski definition) is 4.